The summed E-state index contributed by atoms with van der Waals surface area (Å²) in [6.07, 6.45) is 0.849. The lowest BCUT2D eigenvalue weighted by Gasteiger charge is -2.04. The molecule has 12 heavy (non-hydrogen) atoms. The van der Waals surface area contributed by atoms with Crippen molar-refractivity contribution in [3.63, 3.8) is 0 Å². The lowest BCUT2D eigenvalue weighted by Crippen LogP contribution is -2.30. The minimum absolute atomic E-state index is 0.221. The number of halogens is 1. The molecule has 0 bridgehead atoms. The molecule has 0 saturated heterocycles. The van der Waals surface area contributed by atoms with E-state index in [-0.39, 0.29) is 18.2 Å². The van der Waals surface area contributed by atoms with Gasteiger partial charge in [-0.05, 0) is 13.3 Å². The van der Waals surface area contributed by atoms with Crippen molar-refractivity contribution in [2.24, 2.45) is 5.73 Å². The molecule has 0 saturated carbocycles. The summed E-state index contributed by atoms with van der Waals surface area (Å²) in [7, 11) is 0. The van der Waals surface area contributed by atoms with Crippen molar-refractivity contribution < 1.29 is 9.59 Å². The van der Waals surface area contributed by atoms with Gasteiger partial charge in [0, 0.05) is 13.0 Å². The second kappa shape index (κ2) is 5.83. The summed E-state index contributed by atoms with van der Waals surface area (Å²) in [5.41, 5.74) is 4.89. The van der Waals surface area contributed by atoms with Gasteiger partial charge in [-0.25, -0.2) is 0 Å². The summed E-state index contributed by atoms with van der Waals surface area (Å²) in [5, 5.41) is 2.03. The number of nitrogens with two attached hydrogens (primary N) is 1. The molecule has 70 valence electrons. The normalized spacial score (nSPS) is 12.2. The Morgan fingerprint density at radius 2 is 2.17 bits per heavy atom. The van der Waals surface area contributed by atoms with Crippen molar-refractivity contribution in [1.29, 1.82) is 0 Å². The van der Waals surface area contributed by atoms with Gasteiger partial charge < -0.3 is 11.1 Å². The molecule has 0 fully saturated rings. The summed E-state index contributed by atoms with van der Waals surface area (Å²) in [4.78, 5) is 21.1. The predicted molar refractivity (Wildman–Crippen MR) is 46.8 cm³/mol. The highest BCUT2D eigenvalue weighted by atomic mass is 35.5. The third-order valence-corrected chi connectivity index (χ3v) is 1.46. The number of primary amides is 1. The first-order chi connectivity index (χ1) is 5.54. The Hall–Kier alpha value is -0.770. The molecule has 0 aromatic heterocycles. The SMILES string of the molecule is CC(Cl)C(=O)NCCCC(N)=O. The van der Waals surface area contributed by atoms with Gasteiger partial charge in [-0.3, -0.25) is 9.59 Å². The maximum atomic E-state index is 10.8. The zero-order chi connectivity index (χ0) is 9.56. The van der Waals surface area contributed by atoms with Gasteiger partial charge in [-0.1, -0.05) is 0 Å². The molecule has 1 unspecified atom stereocenters. The van der Waals surface area contributed by atoms with Crippen molar-refractivity contribution in [3.8, 4) is 0 Å². The van der Waals surface area contributed by atoms with E-state index < -0.39 is 5.38 Å². The standard InChI is InChI=1S/C7H13ClN2O2/c1-5(8)7(12)10-4-2-3-6(9)11/h5H,2-4H2,1H3,(H2,9,11)(H,10,12). The Labute approximate surface area is 76.4 Å². The molecule has 2 amide bonds. The monoisotopic (exact) mass is 192 g/mol. The molecule has 4 nitrogen and oxygen atoms in total. The molecular formula is C7H13ClN2O2. The smallest absolute Gasteiger partial charge is 0.237 e. The second-order valence-corrected chi connectivity index (χ2v) is 3.13. The molecular weight excluding hydrogens is 180 g/mol. The lowest BCUT2D eigenvalue weighted by atomic mass is 10.3. The Balaban J connectivity index is 3.32. The number of carbonyl (C=O) groups is 2. The summed E-state index contributed by atoms with van der Waals surface area (Å²) in [6.45, 7) is 2.03. The van der Waals surface area contributed by atoms with Crippen LogP contribution in [0.25, 0.3) is 0 Å². The first kappa shape index (κ1) is 11.2. The van der Waals surface area contributed by atoms with Gasteiger partial charge in [0.2, 0.25) is 11.8 Å². The van der Waals surface area contributed by atoms with E-state index in [9.17, 15) is 9.59 Å². The first-order valence-corrected chi connectivity index (χ1v) is 4.17. The quantitative estimate of drug-likeness (QED) is 0.475. The molecule has 3 N–H and O–H groups in total. The van der Waals surface area contributed by atoms with Crippen LogP contribution in [0.4, 0.5) is 0 Å². The molecule has 0 aliphatic rings. The number of rotatable bonds is 5. The molecule has 0 aromatic carbocycles. The highest BCUT2D eigenvalue weighted by molar-refractivity contribution is 6.30. The van der Waals surface area contributed by atoms with Gasteiger partial charge in [0.15, 0.2) is 0 Å². The largest absolute Gasteiger partial charge is 0.370 e. The Morgan fingerprint density at radius 3 is 2.58 bits per heavy atom. The maximum absolute atomic E-state index is 10.8. The van der Waals surface area contributed by atoms with Crippen LogP contribution in [0.1, 0.15) is 19.8 Å². The Kier molecular flexibility index (Phi) is 5.45. The van der Waals surface area contributed by atoms with Crippen molar-refractivity contribution in [3.05, 3.63) is 0 Å². The van der Waals surface area contributed by atoms with E-state index in [0.717, 1.165) is 0 Å². The van der Waals surface area contributed by atoms with Gasteiger partial charge in [0.1, 0.15) is 5.38 Å². The maximum Gasteiger partial charge on any atom is 0.237 e. The van der Waals surface area contributed by atoms with Crippen LogP contribution in [0.3, 0.4) is 0 Å². The van der Waals surface area contributed by atoms with Gasteiger partial charge in [-0.15, -0.1) is 11.6 Å². The molecule has 0 radical (unpaired) electrons. The lowest BCUT2D eigenvalue weighted by molar-refractivity contribution is -0.121. The van der Waals surface area contributed by atoms with Crippen molar-refractivity contribution in [2.75, 3.05) is 6.54 Å². The van der Waals surface area contributed by atoms with Crippen LogP contribution in [-0.2, 0) is 9.59 Å². The Bertz CT molecular complexity index is 171. The average molecular weight is 193 g/mol. The molecule has 0 spiro atoms. The minimum Gasteiger partial charge on any atom is -0.370 e. The van der Waals surface area contributed by atoms with Crippen molar-refractivity contribution >= 4 is 23.4 Å². The summed E-state index contributed by atoms with van der Waals surface area (Å²) in [5.74, 6) is -0.579. The molecule has 0 aliphatic carbocycles. The molecule has 0 aliphatic heterocycles. The first-order valence-electron chi connectivity index (χ1n) is 3.74. The topological polar surface area (TPSA) is 72.2 Å². The average Bonchev–Trinajstić information content (AvgIpc) is 1.97. The van der Waals surface area contributed by atoms with Crippen molar-refractivity contribution in [1.82, 2.24) is 5.32 Å². The summed E-state index contributed by atoms with van der Waals surface area (Å²) >= 11 is 5.47. The third kappa shape index (κ3) is 5.97. The number of nitrogens with one attached hydrogen (secondary N) is 1. The Morgan fingerprint density at radius 1 is 1.58 bits per heavy atom. The number of hydrogen-bond donors (Lipinski definition) is 2. The van der Waals surface area contributed by atoms with Gasteiger partial charge in [-0.2, -0.15) is 0 Å². The van der Waals surface area contributed by atoms with E-state index in [0.29, 0.717) is 13.0 Å². The molecule has 1 atom stereocenters. The van der Waals surface area contributed by atoms with E-state index in [1.807, 2.05) is 0 Å². The van der Waals surface area contributed by atoms with E-state index >= 15 is 0 Å². The fraction of sp³-hybridized carbons (Fsp3) is 0.714. The van der Waals surface area contributed by atoms with E-state index in [1.54, 1.807) is 6.92 Å². The number of hydrogen-bond acceptors (Lipinski definition) is 2. The molecule has 0 aromatic rings. The zero-order valence-corrected chi connectivity index (χ0v) is 7.73. The molecule has 0 rings (SSSR count). The van der Waals surface area contributed by atoms with Crippen LogP contribution >= 0.6 is 11.6 Å². The fourth-order valence-electron chi connectivity index (χ4n) is 0.615. The van der Waals surface area contributed by atoms with Gasteiger partial charge in [0.25, 0.3) is 0 Å². The van der Waals surface area contributed by atoms with Gasteiger partial charge in [0.05, 0.1) is 0 Å². The van der Waals surface area contributed by atoms with Crippen LogP contribution in [0.5, 0.6) is 0 Å². The summed E-state index contributed by atoms with van der Waals surface area (Å²) < 4.78 is 0. The molecule has 5 heteroatoms. The van der Waals surface area contributed by atoms with Crippen LogP contribution in [0, 0.1) is 0 Å². The van der Waals surface area contributed by atoms with E-state index in [4.69, 9.17) is 17.3 Å². The second-order valence-electron chi connectivity index (χ2n) is 2.48. The summed E-state index contributed by atoms with van der Waals surface area (Å²) in [6, 6.07) is 0. The third-order valence-electron chi connectivity index (χ3n) is 1.26. The fourth-order valence-corrected chi connectivity index (χ4v) is 0.692. The van der Waals surface area contributed by atoms with Crippen LogP contribution in [-0.4, -0.2) is 23.7 Å². The number of alkyl halides is 1. The minimum atomic E-state index is -0.529. The van der Waals surface area contributed by atoms with E-state index in [1.165, 1.54) is 0 Å². The van der Waals surface area contributed by atoms with Crippen LogP contribution in [0.2, 0.25) is 0 Å². The van der Waals surface area contributed by atoms with E-state index in [2.05, 4.69) is 5.32 Å². The van der Waals surface area contributed by atoms with Crippen LogP contribution < -0.4 is 11.1 Å². The van der Waals surface area contributed by atoms with Crippen LogP contribution in [0.15, 0.2) is 0 Å². The predicted octanol–water partition coefficient (Wildman–Crippen LogP) is -0.00460. The van der Waals surface area contributed by atoms with Crippen molar-refractivity contribution in [2.45, 2.75) is 25.1 Å². The number of carbonyl (C=O) groups excluding carboxylic acids is 2. The highest BCUT2D eigenvalue weighted by Crippen LogP contribution is 1.92. The zero-order valence-electron chi connectivity index (χ0n) is 6.97. The number of amides is 2. The van der Waals surface area contributed by atoms with Gasteiger partial charge >= 0.3 is 0 Å². The molecule has 0 heterocycles. The highest BCUT2D eigenvalue weighted by Gasteiger charge is 2.06.